The molecule has 4 nitrogen and oxygen atoms in total. The molecule has 0 aromatic carbocycles. The predicted octanol–water partition coefficient (Wildman–Crippen LogP) is 0.473. The lowest BCUT2D eigenvalue weighted by atomic mass is 9.96. The molecular weight excluding hydrogens is 198 g/mol. The Balaban J connectivity index is 3.92. The van der Waals surface area contributed by atoms with Crippen molar-refractivity contribution in [3.63, 3.8) is 0 Å². The molecule has 0 radical (unpaired) electrons. The molecule has 84 valence electrons. The van der Waals surface area contributed by atoms with Gasteiger partial charge in [0.25, 0.3) is 0 Å². The first-order valence-corrected chi connectivity index (χ1v) is 5.81. The molecule has 0 spiro atoms. The molecule has 1 atom stereocenters. The summed E-state index contributed by atoms with van der Waals surface area (Å²) in [5.74, 6) is 5.74. The minimum atomic E-state index is -0.414. The lowest BCUT2D eigenvalue weighted by Gasteiger charge is -2.23. The van der Waals surface area contributed by atoms with Crippen molar-refractivity contribution in [2.24, 2.45) is 17.0 Å². The summed E-state index contributed by atoms with van der Waals surface area (Å²) in [5, 5.41) is 0.491. The first-order chi connectivity index (χ1) is 6.44. The maximum absolute atomic E-state index is 11.3. The van der Waals surface area contributed by atoms with E-state index in [1.54, 1.807) is 11.8 Å². The summed E-state index contributed by atoms with van der Waals surface area (Å²) in [7, 11) is 0. The maximum atomic E-state index is 11.3. The summed E-state index contributed by atoms with van der Waals surface area (Å²) in [6, 6.07) is 0. The monoisotopic (exact) mass is 219 g/mol. The van der Waals surface area contributed by atoms with Gasteiger partial charge in [0, 0.05) is 11.0 Å². The minimum absolute atomic E-state index is 0.120. The second-order valence-electron chi connectivity index (χ2n) is 4.06. The van der Waals surface area contributed by atoms with Gasteiger partial charge in [0.05, 0.1) is 5.41 Å². The van der Waals surface area contributed by atoms with Crippen LogP contribution in [-0.4, -0.2) is 23.5 Å². The van der Waals surface area contributed by atoms with Gasteiger partial charge in [0.2, 0.25) is 5.91 Å². The number of hydrogen-bond donors (Lipinski definition) is 3. The van der Waals surface area contributed by atoms with Gasteiger partial charge in [-0.25, -0.2) is 5.84 Å². The molecule has 5 N–H and O–H groups in total. The fourth-order valence-electron chi connectivity index (χ4n) is 0.930. The van der Waals surface area contributed by atoms with E-state index in [-0.39, 0.29) is 5.91 Å². The number of hydrazine groups is 1. The highest BCUT2D eigenvalue weighted by molar-refractivity contribution is 7.99. The highest BCUT2D eigenvalue weighted by atomic mass is 32.2. The Hall–Kier alpha value is -0.260. The van der Waals surface area contributed by atoms with Gasteiger partial charge in [-0.2, -0.15) is 11.8 Å². The van der Waals surface area contributed by atoms with Gasteiger partial charge in [0.1, 0.15) is 0 Å². The zero-order chi connectivity index (χ0) is 11.2. The summed E-state index contributed by atoms with van der Waals surface area (Å²) in [6.45, 7) is 6.58. The quantitative estimate of drug-likeness (QED) is 0.345. The second kappa shape index (κ2) is 6.27. The molecule has 0 rings (SSSR count). The van der Waals surface area contributed by atoms with Crippen LogP contribution in [0.3, 0.4) is 0 Å². The summed E-state index contributed by atoms with van der Waals surface area (Å²) in [6.07, 6.45) is 0.977. The van der Waals surface area contributed by atoms with E-state index >= 15 is 0 Å². The summed E-state index contributed by atoms with van der Waals surface area (Å²) in [4.78, 5) is 11.3. The van der Waals surface area contributed by atoms with E-state index in [4.69, 9.17) is 11.6 Å². The summed E-state index contributed by atoms with van der Waals surface area (Å²) >= 11 is 1.76. The van der Waals surface area contributed by atoms with Crippen LogP contribution in [0.2, 0.25) is 0 Å². The summed E-state index contributed by atoms with van der Waals surface area (Å²) in [5.41, 5.74) is 7.21. The van der Waals surface area contributed by atoms with Crippen LogP contribution in [0.25, 0.3) is 0 Å². The van der Waals surface area contributed by atoms with Crippen molar-refractivity contribution in [2.45, 2.75) is 32.4 Å². The lowest BCUT2D eigenvalue weighted by molar-refractivity contribution is -0.128. The Morgan fingerprint density at radius 2 is 2.14 bits per heavy atom. The van der Waals surface area contributed by atoms with Crippen LogP contribution in [0, 0.1) is 5.41 Å². The van der Waals surface area contributed by atoms with Gasteiger partial charge >= 0.3 is 0 Å². The standard InChI is InChI=1S/C9H21N3OS/c1-7(4-5-10)14-6-9(2,3)8(13)12-11/h7H,4-6,10-11H2,1-3H3,(H,12,13). The number of carbonyl (C=O) groups excluding carboxylic acids is 1. The minimum Gasteiger partial charge on any atom is -0.330 e. The van der Waals surface area contributed by atoms with Crippen molar-refractivity contribution >= 4 is 17.7 Å². The second-order valence-corrected chi connectivity index (χ2v) is 5.48. The first kappa shape index (κ1) is 13.7. The Morgan fingerprint density at radius 1 is 1.57 bits per heavy atom. The predicted molar refractivity (Wildman–Crippen MR) is 61.7 cm³/mol. The lowest BCUT2D eigenvalue weighted by Crippen LogP contribution is -2.42. The molecule has 1 amide bonds. The van der Waals surface area contributed by atoms with Crippen molar-refractivity contribution in [2.75, 3.05) is 12.3 Å². The zero-order valence-electron chi connectivity index (χ0n) is 9.17. The van der Waals surface area contributed by atoms with Gasteiger partial charge in [-0.1, -0.05) is 20.8 Å². The van der Waals surface area contributed by atoms with E-state index in [9.17, 15) is 4.79 Å². The van der Waals surface area contributed by atoms with Crippen LogP contribution < -0.4 is 17.0 Å². The van der Waals surface area contributed by atoms with E-state index < -0.39 is 5.41 Å². The van der Waals surface area contributed by atoms with Gasteiger partial charge in [-0.05, 0) is 13.0 Å². The van der Waals surface area contributed by atoms with Gasteiger partial charge in [-0.15, -0.1) is 0 Å². The smallest absolute Gasteiger partial charge is 0.240 e. The molecule has 0 bridgehead atoms. The van der Waals surface area contributed by atoms with Crippen LogP contribution in [0.1, 0.15) is 27.2 Å². The van der Waals surface area contributed by atoms with E-state index in [0.29, 0.717) is 11.8 Å². The molecular formula is C9H21N3OS. The largest absolute Gasteiger partial charge is 0.330 e. The third kappa shape index (κ3) is 4.83. The molecule has 0 saturated carbocycles. The fourth-order valence-corrected chi connectivity index (χ4v) is 2.06. The van der Waals surface area contributed by atoms with E-state index in [0.717, 1.165) is 12.2 Å². The number of nitrogens with two attached hydrogens (primary N) is 2. The van der Waals surface area contributed by atoms with E-state index in [2.05, 4.69) is 12.3 Å². The Bertz CT molecular complexity index is 185. The molecule has 1 unspecified atom stereocenters. The third-order valence-corrected chi connectivity index (χ3v) is 3.74. The molecule has 5 heteroatoms. The van der Waals surface area contributed by atoms with E-state index in [1.165, 1.54) is 0 Å². The van der Waals surface area contributed by atoms with Crippen LogP contribution in [0.15, 0.2) is 0 Å². The maximum Gasteiger partial charge on any atom is 0.240 e. The normalized spacial score (nSPS) is 13.8. The number of thioether (sulfide) groups is 1. The summed E-state index contributed by atoms with van der Waals surface area (Å²) < 4.78 is 0. The highest BCUT2D eigenvalue weighted by Gasteiger charge is 2.27. The molecule has 0 fully saturated rings. The molecule has 0 aliphatic rings. The van der Waals surface area contributed by atoms with Gasteiger partial charge in [0.15, 0.2) is 0 Å². The van der Waals surface area contributed by atoms with Crippen LogP contribution >= 0.6 is 11.8 Å². The molecule has 14 heavy (non-hydrogen) atoms. The van der Waals surface area contributed by atoms with E-state index in [1.807, 2.05) is 13.8 Å². The van der Waals surface area contributed by atoms with Gasteiger partial charge in [-0.3, -0.25) is 10.2 Å². The topological polar surface area (TPSA) is 81.1 Å². The van der Waals surface area contributed by atoms with Crippen molar-refractivity contribution in [3.8, 4) is 0 Å². The third-order valence-electron chi connectivity index (χ3n) is 2.05. The zero-order valence-corrected chi connectivity index (χ0v) is 9.99. The molecule has 0 aliphatic heterocycles. The number of hydrogen-bond acceptors (Lipinski definition) is 4. The number of nitrogens with one attached hydrogen (secondary N) is 1. The van der Waals surface area contributed by atoms with Crippen LogP contribution in [0.4, 0.5) is 0 Å². The number of amides is 1. The Labute approximate surface area is 90.1 Å². The number of carbonyl (C=O) groups is 1. The SMILES string of the molecule is CC(CCN)SCC(C)(C)C(=O)NN. The van der Waals surface area contributed by atoms with Gasteiger partial charge < -0.3 is 5.73 Å². The molecule has 0 aromatic rings. The highest BCUT2D eigenvalue weighted by Crippen LogP contribution is 2.25. The molecule has 0 aliphatic carbocycles. The van der Waals surface area contributed by atoms with Crippen LogP contribution in [-0.2, 0) is 4.79 Å². The van der Waals surface area contributed by atoms with Crippen molar-refractivity contribution in [3.05, 3.63) is 0 Å². The Morgan fingerprint density at radius 3 is 2.57 bits per heavy atom. The number of rotatable bonds is 6. The van der Waals surface area contributed by atoms with Crippen molar-refractivity contribution in [1.29, 1.82) is 0 Å². The molecule has 0 aromatic heterocycles. The average molecular weight is 219 g/mol. The first-order valence-electron chi connectivity index (χ1n) is 4.76. The molecule has 0 heterocycles. The molecule has 0 saturated heterocycles. The Kier molecular flexibility index (Phi) is 6.15. The fraction of sp³-hybridized carbons (Fsp3) is 0.889. The average Bonchev–Trinajstić information content (AvgIpc) is 2.14. The van der Waals surface area contributed by atoms with Crippen molar-refractivity contribution < 1.29 is 4.79 Å². The van der Waals surface area contributed by atoms with Crippen molar-refractivity contribution in [1.82, 2.24) is 5.43 Å². The van der Waals surface area contributed by atoms with Crippen LogP contribution in [0.5, 0.6) is 0 Å².